The van der Waals surface area contributed by atoms with Crippen LogP contribution in [-0.2, 0) is 4.79 Å². The molecule has 0 fully saturated rings. The van der Waals surface area contributed by atoms with Crippen LogP contribution in [-0.4, -0.2) is 29.9 Å². The second kappa shape index (κ2) is 7.43. The van der Waals surface area contributed by atoms with Gasteiger partial charge in [0.15, 0.2) is 0 Å². The van der Waals surface area contributed by atoms with E-state index in [0.29, 0.717) is 30.3 Å². The Morgan fingerprint density at radius 2 is 1.95 bits per heavy atom. The van der Waals surface area contributed by atoms with Gasteiger partial charge in [-0.25, -0.2) is 0 Å². The molecule has 0 aliphatic heterocycles. The van der Waals surface area contributed by atoms with E-state index in [9.17, 15) is 9.59 Å². The minimum atomic E-state index is -0.251. The van der Waals surface area contributed by atoms with Crippen LogP contribution in [0.2, 0.25) is 0 Å². The summed E-state index contributed by atoms with van der Waals surface area (Å²) in [6.07, 6.45) is 1.19. The van der Waals surface area contributed by atoms with Gasteiger partial charge in [0.2, 0.25) is 5.91 Å². The second-order valence-electron chi connectivity index (χ2n) is 4.77. The molecular formula is C15H21N3O2. The molecule has 108 valence electrons. The number of carbonyl (C=O) groups is 2. The Morgan fingerprint density at radius 3 is 2.50 bits per heavy atom. The molecular weight excluding hydrogens is 254 g/mol. The molecule has 20 heavy (non-hydrogen) atoms. The van der Waals surface area contributed by atoms with E-state index < -0.39 is 0 Å². The van der Waals surface area contributed by atoms with Crippen LogP contribution in [0.5, 0.6) is 0 Å². The summed E-state index contributed by atoms with van der Waals surface area (Å²) < 4.78 is 0. The number of pyridine rings is 1. The van der Waals surface area contributed by atoms with Crippen LogP contribution in [0.3, 0.4) is 0 Å². The van der Waals surface area contributed by atoms with E-state index in [-0.39, 0.29) is 11.8 Å². The van der Waals surface area contributed by atoms with Crippen molar-refractivity contribution >= 4 is 11.8 Å². The first-order valence-electron chi connectivity index (χ1n) is 6.61. The molecule has 0 radical (unpaired) electrons. The SMILES string of the molecule is C=CC(=O)NCCNC(=O)c1ccc(C(C)C)nc1C. The maximum absolute atomic E-state index is 12.0. The van der Waals surface area contributed by atoms with E-state index in [0.717, 1.165) is 5.69 Å². The average Bonchev–Trinajstić information content (AvgIpc) is 2.42. The molecule has 0 aromatic carbocycles. The Hall–Kier alpha value is -2.17. The summed E-state index contributed by atoms with van der Waals surface area (Å²) in [4.78, 5) is 27.3. The van der Waals surface area contributed by atoms with Gasteiger partial charge in [-0.15, -0.1) is 0 Å². The predicted molar refractivity (Wildman–Crippen MR) is 78.6 cm³/mol. The maximum Gasteiger partial charge on any atom is 0.253 e. The van der Waals surface area contributed by atoms with Crippen LogP contribution < -0.4 is 10.6 Å². The fraction of sp³-hybridized carbons (Fsp3) is 0.400. The van der Waals surface area contributed by atoms with E-state index in [1.165, 1.54) is 6.08 Å². The van der Waals surface area contributed by atoms with Crippen molar-refractivity contribution in [2.75, 3.05) is 13.1 Å². The summed E-state index contributed by atoms with van der Waals surface area (Å²) in [5, 5.41) is 5.33. The van der Waals surface area contributed by atoms with Crippen LogP contribution in [0.15, 0.2) is 24.8 Å². The van der Waals surface area contributed by atoms with Crippen LogP contribution >= 0.6 is 0 Å². The zero-order valence-corrected chi connectivity index (χ0v) is 12.2. The molecule has 0 atom stereocenters. The van der Waals surface area contributed by atoms with Crippen molar-refractivity contribution in [1.29, 1.82) is 0 Å². The van der Waals surface area contributed by atoms with Gasteiger partial charge in [-0.2, -0.15) is 0 Å². The molecule has 2 amide bonds. The Kier molecular flexibility index (Phi) is 5.90. The van der Waals surface area contributed by atoms with E-state index in [1.54, 1.807) is 6.07 Å². The first-order chi connectivity index (χ1) is 9.45. The zero-order valence-electron chi connectivity index (χ0n) is 12.2. The van der Waals surface area contributed by atoms with Crippen molar-refractivity contribution in [3.8, 4) is 0 Å². The second-order valence-corrected chi connectivity index (χ2v) is 4.77. The summed E-state index contributed by atoms with van der Waals surface area (Å²) >= 11 is 0. The molecule has 1 aromatic rings. The summed E-state index contributed by atoms with van der Waals surface area (Å²) in [5.74, 6) is -0.100. The Balaban J connectivity index is 2.55. The molecule has 5 heteroatoms. The zero-order chi connectivity index (χ0) is 15.1. The van der Waals surface area contributed by atoms with Gasteiger partial charge in [0.1, 0.15) is 0 Å². The van der Waals surface area contributed by atoms with Gasteiger partial charge in [-0.3, -0.25) is 14.6 Å². The van der Waals surface area contributed by atoms with Gasteiger partial charge < -0.3 is 10.6 Å². The molecule has 1 aromatic heterocycles. The number of nitrogens with one attached hydrogen (secondary N) is 2. The average molecular weight is 275 g/mol. The van der Waals surface area contributed by atoms with E-state index in [1.807, 2.05) is 13.0 Å². The molecule has 1 rings (SSSR count). The Labute approximate surface area is 119 Å². The maximum atomic E-state index is 12.0. The lowest BCUT2D eigenvalue weighted by Crippen LogP contribution is -2.34. The molecule has 0 aliphatic carbocycles. The number of carbonyl (C=O) groups excluding carboxylic acids is 2. The lowest BCUT2D eigenvalue weighted by Gasteiger charge is -2.10. The summed E-state index contributed by atoms with van der Waals surface area (Å²) in [7, 11) is 0. The highest BCUT2D eigenvalue weighted by atomic mass is 16.2. The summed E-state index contributed by atoms with van der Waals surface area (Å²) in [6.45, 7) is 10.0. The normalized spacial score (nSPS) is 10.2. The molecule has 0 aliphatic rings. The first-order valence-corrected chi connectivity index (χ1v) is 6.61. The standard InChI is InChI=1S/C15H21N3O2/c1-5-14(19)16-8-9-17-15(20)12-6-7-13(10(2)3)18-11(12)4/h5-7,10H,1,8-9H2,2-4H3,(H,16,19)(H,17,20). The molecule has 0 unspecified atom stereocenters. The lowest BCUT2D eigenvalue weighted by molar-refractivity contribution is -0.116. The van der Waals surface area contributed by atoms with Crippen molar-refractivity contribution in [3.63, 3.8) is 0 Å². The number of amides is 2. The minimum absolute atomic E-state index is 0.182. The summed E-state index contributed by atoms with van der Waals surface area (Å²) in [5.41, 5.74) is 2.24. The highest BCUT2D eigenvalue weighted by Crippen LogP contribution is 2.14. The van der Waals surface area contributed by atoms with Gasteiger partial charge in [0, 0.05) is 18.8 Å². The molecule has 2 N–H and O–H groups in total. The van der Waals surface area contributed by atoms with Crippen molar-refractivity contribution in [3.05, 3.63) is 41.7 Å². The lowest BCUT2D eigenvalue weighted by atomic mass is 10.1. The molecule has 0 bridgehead atoms. The minimum Gasteiger partial charge on any atom is -0.351 e. The summed E-state index contributed by atoms with van der Waals surface area (Å²) in [6, 6.07) is 3.65. The number of nitrogens with zero attached hydrogens (tertiary/aromatic N) is 1. The van der Waals surface area contributed by atoms with E-state index in [4.69, 9.17) is 0 Å². The van der Waals surface area contributed by atoms with Crippen LogP contribution in [0.1, 0.15) is 41.5 Å². The van der Waals surface area contributed by atoms with Crippen molar-refractivity contribution in [2.24, 2.45) is 0 Å². The fourth-order valence-corrected chi connectivity index (χ4v) is 1.67. The third-order valence-corrected chi connectivity index (χ3v) is 2.84. The smallest absolute Gasteiger partial charge is 0.253 e. The molecule has 5 nitrogen and oxygen atoms in total. The van der Waals surface area contributed by atoms with Gasteiger partial charge in [0.05, 0.1) is 11.3 Å². The molecule has 0 spiro atoms. The molecule has 0 saturated heterocycles. The van der Waals surface area contributed by atoms with Crippen molar-refractivity contribution in [2.45, 2.75) is 26.7 Å². The monoisotopic (exact) mass is 275 g/mol. The quantitative estimate of drug-likeness (QED) is 0.611. The van der Waals surface area contributed by atoms with Gasteiger partial charge in [0.25, 0.3) is 5.91 Å². The van der Waals surface area contributed by atoms with Gasteiger partial charge >= 0.3 is 0 Å². The number of hydrogen-bond acceptors (Lipinski definition) is 3. The number of rotatable bonds is 6. The first kappa shape index (κ1) is 15.9. The van der Waals surface area contributed by atoms with Crippen LogP contribution in [0.4, 0.5) is 0 Å². The highest BCUT2D eigenvalue weighted by Gasteiger charge is 2.11. The number of hydrogen-bond donors (Lipinski definition) is 2. The number of aromatic nitrogens is 1. The van der Waals surface area contributed by atoms with Crippen LogP contribution in [0, 0.1) is 6.92 Å². The Bertz CT molecular complexity index is 510. The van der Waals surface area contributed by atoms with Gasteiger partial charge in [-0.1, -0.05) is 20.4 Å². The van der Waals surface area contributed by atoms with Crippen LogP contribution in [0.25, 0.3) is 0 Å². The number of aryl methyl sites for hydroxylation is 1. The fourth-order valence-electron chi connectivity index (χ4n) is 1.67. The topological polar surface area (TPSA) is 71.1 Å². The molecule has 1 heterocycles. The van der Waals surface area contributed by atoms with E-state index in [2.05, 4.69) is 36.0 Å². The van der Waals surface area contributed by atoms with E-state index >= 15 is 0 Å². The highest BCUT2D eigenvalue weighted by molar-refractivity contribution is 5.95. The molecule has 0 saturated carbocycles. The Morgan fingerprint density at radius 1 is 1.30 bits per heavy atom. The third-order valence-electron chi connectivity index (χ3n) is 2.84. The third kappa shape index (κ3) is 4.50. The van der Waals surface area contributed by atoms with Gasteiger partial charge in [-0.05, 0) is 31.1 Å². The predicted octanol–water partition coefficient (Wildman–Crippen LogP) is 1.55. The largest absolute Gasteiger partial charge is 0.351 e. The van der Waals surface area contributed by atoms with Crippen molar-refractivity contribution < 1.29 is 9.59 Å². The van der Waals surface area contributed by atoms with Crippen molar-refractivity contribution in [1.82, 2.24) is 15.6 Å².